The van der Waals surface area contributed by atoms with E-state index in [-0.39, 0.29) is 18.7 Å². The summed E-state index contributed by atoms with van der Waals surface area (Å²) in [7, 11) is 3.94. The summed E-state index contributed by atoms with van der Waals surface area (Å²) in [5.41, 5.74) is 0.124. The van der Waals surface area contributed by atoms with E-state index in [0.29, 0.717) is 11.3 Å². The number of methoxy groups -OCH3 is 3. The first-order valence-corrected chi connectivity index (χ1v) is 11.0. The molecule has 8 nitrogen and oxygen atoms in total. The molecular weight excluding hydrogens is 438 g/mol. The van der Waals surface area contributed by atoms with Gasteiger partial charge in [0.15, 0.2) is 5.92 Å². The quantitative estimate of drug-likeness (QED) is 0.383. The van der Waals surface area contributed by atoms with E-state index < -0.39 is 35.4 Å². The maximum absolute atomic E-state index is 13.1. The van der Waals surface area contributed by atoms with Gasteiger partial charge in [-0.2, -0.15) is 0 Å². The zero-order valence-electron chi connectivity index (χ0n) is 20.2. The molecule has 0 spiro atoms. The van der Waals surface area contributed by atoms with Gasteiger partial charge in [-0.1, -0.05) is 30.3 Å². The van der Waals surface area contributed by atoms with Crippen molar-refractivity contribution in [1.82, 2.24) is 5.32 Å². The minimum absolute atomic E-state index is 0.0787. The Labute approximate surface area is 200 Å². The fourth-order valence-corrected chi connectivity index (χ4v) is 3.87. The molecule has 0 aromatic heterocycles. The number of rotatable bonds is 11. The summed E-state index contributed by atoms with van der Waals surface area (Å²) in [5.74, 6) is -2.94. The molecule has 0 aliphatic carbocycles. The van der Waals surface area contributed by atoms with Gasteiger partial charge in [0, 0.05) is 17.5 Å². The van der Waals surface area contributed by atoms with Gasteiger partial charge in [-0.25, -0.2) is 0 Å². The van der Waals surface area contributed by atoms with Crippen molar-refractivity contribution in [3.8, 4) is 5.75 Å². The number of aliphatic hydroxyl groups is 1. The van der Waals surface area contributed by atoms with Crippen LogP contribution >= 0.6 is 0 Å². The summed E-state index contributed by atoms with van der Waals surface area (Å²) < 4.78 is 14.9. The molecular formula is C26H33NO7. The number of esters is 2. The number of amides is 1. The van der Waals surface area contributed by atoms with Crippen molar-refractivity contribution < 1.29 is 33.7 Å². The average Bonchev–Trinajstić information content (AvgIpc) is 2.84. The third-order valence-corrected chi connectivity index (χ3v) is 5.56. The predicted molar refractivity (Wildman–Crippen MR) is 126 cm³/mol. The monoisotopic (exact) mass is 471 g/mol. The number of hydrogen-bond acceptors (Lipinski definition) is 7. The van der Waals surface area contributed by atoms with Gasteiger partial charge in [0.1, 0.15) is 5.75 Å². The van der Waals surface area contributed by atoms with Crippen LogP contribution in [-0.2, 0) is 19.1 Å². The highest BCUT2D eigenvalue weighted by molar-refractivity contribution is 5.96. The molecule has 0 radical (unpaired) electrons. The van der Waals surface area contributed by atoms with Crippen molar-refractivity contribution in [3.63, 3.8) is 0 Å². The topological polar surface area (TPSA) is 111 Å². The van der Waals surface area contributed by atoms with Crippen molar-refractivity contribution in [1.29, 1.82) is 0 Å². The summed E-state index contributed by atoms with van der Waals surface area (Å²) in [5, 5.41) is 13.6. The predicted octanol–water partition coefficient (Wildman–Crippen LogP) is 3.09. The van der Waals surface area contributed by atoms with Gasteiger partial charge < -0.3 is 24.6 Å². The molecule has 0 fully saturated rings. The Morgan fingerprint density at radius 2 is 1.47 bits per heavy atom. The summed E-state index contributed by atoms with van der Waals surface area (Å²) >= 11 is 0. The van der Waals surface area contributed by atoms with E-state index in [1.165, 1.54) is 14.2 Å². The van der Waals surface area contributed by atoms with Gasteiger partial charge in [0.2, 0.25) is 0 Å². The van der Waals surface area contributed by atoms with E-state index in [1.807, 2.05) is 12.1 Å². The number of carbonyl (C=O) groups excluding carboxylic acids is 3. The van der Waals surface area contributed by atoms with Gasteiger partial charge in [-0.05, 0) is 56.5 Å². The number of hydrogen-bond donors (Lipinski definition) is 2. The molecule has 2 N–H and O–H groups in total. The first-order valence-electron chi connectivity index (χ1n) is 11.0. The van der Waals surface area contributed by atoms with Gasteiger partial charge in [0.05, 0.1) is 26.9 Å². The Hall–Kier alpha value is -3.39. The summed E-state index contributed by atoms with van der Waals surface area (Å²) in [6.07, 6.45) is 0.166. The average molecular weight is 472 g/mol. The largest absolute Gasteiger partial charge is 0.497 e. The van der Waals surface area contributed by atoms with E-state index in [2.05, 4.69) is 5.32 Å². The molecule has 34 heavy (non-hydrogen) atoms. The van der Waals surface area contributed by atoms with Crippen LogP contribution in [0.15, 0.2) is 54.6 Å². The van der Waals surface area contributed by atoms with Crippen molar-refractivity contribution in [2.24, 2.45) is 5.92 Å². The zero-order chi connectivity index (χ0) is 25.3. The van der Waals surface area contributed by atoms with E-state index in [4.69, 9.17) is 14.2 Å². The van der Waals surface area contributed by atoms with Crippen LogP contribution < -0.4 is 10.1 Å². The SMILES string of the molecule is COC(=O)C(C[C@H](NC(=O)c1ccccc1)[C@@H](CC(C)(C)O)c1ccc(OC)cc1)C(=O)OC. The Bertz CT molecular complexity index is 935. The standard InChI is InChI=1S/C26H33NO7/c1-26(2,31)16-21(17-11-13-19(32-3)14-12-17)22(15-20(24(29)33-4)25(30)34-5)27-23(28)18-9-7-6-8-10-18/h6-14,20-22,31H,15-16H2,1-5H3,(H,27,28)/t21-,22-/m0/s1. The first-order chi connectivity index (χ1) is 16.1. The van der Waals surface area contributed by atoms with Crippen molar-refractivity contribution >= 4 is 17.8 Å². The molecule has 2 atom stereocenters. The van der Waals surface area contributed by atoms with E-state index in [0.717, 1.165) is 5.56 Å². The van der Waals surface area contributed by atoms with Crippen LogP contribution in [0.3, 0.4) is 0 Å². The molecule has 2 aromatic carbocycles. The molecule has 0 saturated heterocycles. The normalized spacial score (nSPS) is 13.0. The van der Waals surface area contributed by atoms with Crippen LogP contribution in [0, 0.1) is 5.92 Å². The minimum Gasteiger partial charge on any atom is -0.497 e. The smallest absolute Gasteiger partial charge is 0.320 e. The number of benzene rings is 2. The van der Waals surface area contributed by atoms with E-state index >= 15 is 0 Å². The molecule has 0 unspecified atom stereocenters. The highest BCUT2D eigenvalue weighted by atomic mass is 16.5. The first kappa shape index (κ1) is 26.9. The van der Waals surface area contributed by atoms with Crippen molar-refractivity contribution in [2.75, 3.05) is 21.3 Å². The van der Waals surface area contributed by atoms with Crippen molar-refractivity contribution in [3.05, 3.63) is 65.7 Å². The Kier molecular flexibility index (Phi) is 9.62. The highest BCUT2D eigenvalue weighted by Crippen LogP contribution is 2.33. The Balaban J connectivity index is 2.52. The van der Waals surface area contributed by atoms with E-state index in [1.54, 1.807) is 63.4 Å². The van der Waals surface area contributed by atoms with Crippen LogP contribution in [0.25, 0.3) is 0 Å². The molecule has 184 valence electrons. The molecule has 0 aliphatic rings. The van der Waals surface area contributed by atoms with Crippen LogP contribution in [0.5, 0.6) is 5.75 Å². The van der Waals surface area contributed by atoms with Gasteiger partial charge in [-0.15, -0.1) is 0 Å². The summed E-state index contributed by atoms with van der Waals surface area (Å²) in [4.78, 5) is 38.0. The lowest BCUT2D eigenvalue weighted by Gasteiger charge is -2.34. The van der Waals surface area contributed by atoms with Gasteiger partial charge >= 0.3 is 11.9 Å². The Morgan fingerprint density at radius 1 is 0.912 bits per heavy atom. The lowest BCUT2D eigenvalue weighted by Crippen LogP contribution is -2.45. The van der Waals surface area contributed by atoms with Gasteiger partial charge in [0.25, 0.3) is 5.91 Å². The molecule has 0 bridgehead atoms. The third kappa shape index (κ3) is 7.59. The molecule has 8 heteroatoms. The highest BCUT2D eigenvalue weighted by Gasteiger charge is 2.37. The second kappa shape index (κ2) is 12.2. The lowest BCUT2D eigenvalue weighted by atomic mass is 9.79. The van der Waals surface area contributed by atoms with Crippen LogP contribution in [0.1, 0.15) is 48.5 Å². The third-order valence-electron chi connectivity index (χ3n) is 5.56. The second-order valence-electron chi connectivity index (χ2n) is 8.68. The summed E-state index contributed by atoms with van der Waals surface area (Å²) in [6.45, 7) is 3.33. The zero-order valence-corrected chi connectivity index (χ0v) is 20.2. The molecule has 2 aromatic rings. The maximum atomic E-state index is 13.1. The number of carbonyl (C=O) groups is 3. The summed E-state index contributed by atoms with van der Waals surface area (Å²) in [6, 6.07) is 15.1. The van der Waals surface area contributed by atoms with Crippen molar-refractivity contribution in [2.45, 2.75) is 44.2 Å². The lowest BCUT2D eigenvalue weighted by molar-refractivity contribution is -0.159. The van der Waals surface area contributed by atoms with Crippen LogP contribution in [0.4, 0.5) is 0 Å². The van der Waals surface area contributed by atoms with Crippen LogP contribution in [0.2, 0.25) is 0 Å². The molecule has 0 aliphatic heterocycles. The molecule has 2 rings (SSSR count). The Morgan fingerprint density at radius 3 is 1.94 bits per heavy atom. The van der Waals surface area contributed by atoms with Gasteiger partial charge in [-0.3, -0.25) is 14.4 Å². The minimum atomic E-state index is -1.25. The molecule has 0 heterocycles. The number of nitrogens with one attached hydrogen (secondary N) is 1. The number of ether oxygens (including phenoxy) is 3. The fraction of sp³-hybridized carbons (Fsp3) is 0.423. The second-order valence-corrected chi connectivity index (χ2v) is 8.68. The van der Waals surface area contributed by atoms with E-state index in [9.17, 15) is 19.5 Å². The maximum Gasteiger partial charge on any atom is 0.320 e. The van der Waals surface area contributed by atoms with Crippen LogP contribution in [-0.4, -0.2) is 55.9 Å². The molecule has 0 saturated carbocycles. The fourth-order valence-electron chi connectivity index (χ4n) is 3.87. The molecule has 1 amide bonds.